The van der Waals surface area contributed by atoms with Crippen LogP contribution in [0.25, 0.3) is 5.65 Å². The van der Waals surface area contributed by atoms with Gasteiger partial charge < -0.3 is 5.32 Å². The van der Waals surface area contributed by atoms with E-state index >= 15 is 0 Å². The van der Waals surface area contributed by atoms with Crippen LogP contribution in [0.15, 0.2) is 42.6 Å². The lowest BCUT2D eigenvalue weighted by atomic mass is 10.1. The smallest absolute Gasteiger partial charge is 0.257 e. The summed E-state index contributed by atoms with van der Waals surface area (Å²) in [5, 5.41) is 10.5. The highest BCUT2D eigenvalue weighted by Crippen LogP contribution is 2.16. The summed E-state index contributed by atoms with van der Waals surface area (Å²) in [6, 6.07) is 8.09. The van der Waals surface area contributed by atoms with Crippen LogP contribution in [-0.4, -0.2) is 20.5 Å². The van der Waals surface area contributed by atoms with Crippen molar-refractivity contribution in [1.82, 2.24) is 19.9 Å². The van der Waals surface area contributed by atoms with E-state index in [1.165, 1.54) is 6.07 Å². The summed E-state index contributed by atoms with van der Waals surface area (Å²) in [6.07, 6.45) is 1.75. The molecule has 3 rings (SSSR count). The van der Waals surface area contributed by atoms with E-state index in [1.807, 2.05) is 6.07 Å². The van der Waals surface area contributed by atoms with Crippen molar-refractivity contribution < 1.29 is 13.6 Å². The molecule has 2 aromatic heterocycles. The van der Waals surface area contributed by atoms with Gasteiger partial charge in [-0.25, -0.2) is 8.78 Å². The van der Waals surface area contributed by atoms with E-state index in [0.717, 1.165) is 12.1 Å². The molecule has 3 aromatic rings. The predicted molar refractivity (Wildman–Crippen MR) is 75.2 cm³/mol. The van der Waals surface area contributed by atoms with Crippen LogP contribution in [0.5, 0.6) is 0 Å². The molecule has 7 heteroatoms. The SMILES string of the molecule is CC(NC(=O)c1c(F)cccc1F)c1nnc2ccccn12. The van der Waals surface area contributed by atoms with E-state index in [-0.39, 0.29) is 0 Å². The maximum absolute atomic E-state index is 13.6. The number of amides is 1. The second-order valence-corrected chi connectivity index (χ2v) is 4.78. The van der Waals surface area contributed by atoms with E-state index in [0.29, 0.717) is 11.5 Å². The molecule has 0 spiro atoms. The Bertz CT molecular complexity index is 826. The topological polar surface area (TPSA) is 59.3 Å². The Morgan fingerprint density at radius 1 is 1.14 bits per heavy atom. The van der Waals surface area contributed by atoms with Gasteiger partial charge in [0.05, 0.1) is 6.04 Å². The van der Waals surface area contributed by atoms with E-state index in [4.69, 9.17) is 0 Å². The first-order valence-corrected chi connectivity index (χ1v) is 6.62. The number of aromatic nitrogens is 3. The van der Waals surface area contributed by atoms with Crippen LogP contribution in [-0.2, 0) is 0 Å². The second kappa shape index (κ2) is 5.51. The third-order valence-electron chi connectivity index (χ3n) is 3.26. The first-order chi connectivity index (χ1) is 10.6. The molecule has 1 aromatic carbocycles. The van der Waals surface area contributed by atoms with Gasteiger partial charge in [-0.05, 0) is 31.2 Å². The molecule has 0 radical (unpaired) electrons. The summed E-state index contributed by atoms with van der Waals surface area (Å²) in [4.78, 5) is 12.1. The van der Waals surface area contributed by atoms with Crippen molar-refractivity contribution in [2.24, 2.45) is 0 Å². The maximum Gasteiger partial charge on any atom is 0.257 e. The number of nitrogens with one attached hydrogen (secondary N) is 1. The summed E-state index contributed by atoms with van der Waals surface area (Å²) in [7, 11) is 0. The molecule has 0 aliphatic rings. The Kier molecular flexibility index (Phi) is 3.54. The van der Waals surface area contributed by atoms with Gasteiger partial charge >= 0.3 is 0 Å². The van der Waals surface area contributed by atoms with Crippen LogP contribution in [0.3, 0.4) is 0 Å². The summed E-state index contributed by atoms with van der Waals surface area (Å²) in [5.74, 6) is -2.18. The third kappa shape index (κ3) is 2.41. The van der Waals surface area contributed by atoms with E-state index < -0.39 is 29.1 Å². The molecular formula is C15H12F2N4O. The number of hydrogen-bond acceptors (Lipinski definition) is 3. The van der Waals surface area contributed by atoms with Gasteiger partial charge in [-0.1, -0.05) is 12.1 Å². The monoisotopic (exact) mass is 302 g/mol. The summed E-state index contributed by atoms with van der Waals surface area (Å²) in [5.41, 5.74) is 0.0128. The molecule has 1 atom stereocenters. The van der Waals surface area contributed by atoms with E-state index in [2.05, 4.69) is 15.5 Å². The number of fused-ring (bicyclic) bond motifs is 1. The fourth-order valence-corrected chi connectivity index (χ4v) is 2.20. The molecular weight excluding hydrogens is 290 g/mol. The van der Waals surface area contributed by atoms with Gasteiger partial charge in [0.1, 0.15) is 17.2 Å². The van der Waals surface area contributed by atoms with Gasteiger partial charge in [0.2, 0.25) is 0 Å². The highest BCUT2D eigenvalue weighted by atomic mass is 19.1. The van der Waals surface area contributed by atoms with E-state index in [9.17, 15) is 13.6 Å². The number of carbonyl (C=O) groups excluding carboxylic acids is 1. The van der Waals surface area contributed by atoms with Gasteiger partial charge in [0, 0.05) is 6.20 Å². The van der Waals surface area contributed by atoms with Gasteiger partial charge in [0.15, 0.2) is 11.5 Å². The normalized spacial score (nSPS) is 12.3. The molecule has 0 saturated carbocycles. The molecule has 22 heavy (non-hydrogen) atoms. The Morgan fingerprint density at radius 2 is 1.86 bits per heavy atom. The van der Waals surface area contributed by atoms with Crippen LogP contribution >= 0.6 is 0 Å². The van der Waals surface area contributed by atoms with Crippen LogP contribution in [0.1, 0.15) is 29.1 Å². The number of halogens is 2. The van der Waals surface area contributed by atoms with Gasteiger partial charge in [-0.2, -0.15) is 0 Å². The predicted octanol–water partition coefficient (Wildman–Crippen LogP) is 2.50. The first-order valence-electron chi connectivity index (χ1n) is 6.62. The highest BCUT2D eigenvalue weighted by Gasteiger charge is 2.21. The molecule has 2 heterocycles. The zero-order chi connectivity index (χ0) is 15.7. The highest BCUT2D eigenvalue weighted by molar-refractivity contribution is 5.94. The average Bonchev–Trinajstić information content (AvgIpc) is 2.91. The minimum absolute atomic E-state index is 0.473. The molecule has 1 N–H and O–H groups in total. The molecule has 0 saturated heterocycles. The lowest BCUT2D eigenvalue weighted by molar-refractivity contribution is 0.0929. The standard InChI is InChI=1S/C15H12F2N4O/c1-9(14-20-19-12-7-2-3-8-21(12)14)18-15(22)13-10(16)5-4-6-11(13)17/h2-9H,1H3,(H,18,22). The van der Waals surface area contributed by atoms with Crippen LogP contribution in [0.4, 0.5) is 8.78 Å². The molecule has 1 unspecified atom stereocenters. The second-order valence-electron chi connectivity index (χ2n) is 4.78. The molecule has 0 aliphatic carbocycles. The van der Waals surface area contributed by atoms with Gasteiger partial charge in [-0.15, -0.1) is 10.2 Å². The largest absolute Gasteiger partial charge is 0.342 e. The van der Waals surface area contributed by atoms with E-state index in [1.54, 1.807) is 29.7 Å². The third-order valence-corrected chi connectivity index (χ3v) is 3.26. The Hall–Kier alpha value is -2.83. The van der Waals surface area contributed by atoms with Gasteiger partial charge in [-0.3, -0.25) is 9.20 Å². The van der Waals surface area contributed by atoms with Gasteiger partial charge in [0.25, 0.3) is 5.91 Å². The number of hydrogen-bond donors (Lipinski definition) is 1. The Morgan fingerprint density at radius 3 is 2.59 bits per heavy atom. The quantitative estimate of drug-likeness (QED) is 0.808. The molecule has 0 bridgehead atoms. The minimum Gasteiger partial charge on any atom is -0.342 e. The molecule has 5 nitrogen and oxygen atoms in total. The average molecular weight is 302 g/mol. The number of carbonyl (C=O) groups is 1. The maximum atomic E-state index is 13.6. The number of pyridine rings is 1. The lowest BCUT2D eigenvalue weighted by Gasteiger charge is -2.13. The molecule has 0 aliphatic heterocycles. The molecule has 112 valence electrons. The van der Waals surface area contributed by atoms with Crippen molar-refractivity contribution in [1.29, 1.82) is 0 Å². The zero-order valence-corrected chi connectivity index (χ0v) is 11.6. The minimum atomic E-state index is -0.907. The molecule has 1 amide bonds. The number of nitrogens with zero attached hydrogens (tertiary/aromatic N) is 3. The number of benzene rings is 1. The fourth-order valence-electron chi connectivity index (χ4n) is 2.20. The van der Waals surface area contributed by atoms with Crippen molar-refractivity contribution in [3.8, 4) is 0 Å². The van der Waals surface area contributed by atoms with Crippen molar-refractivity contribution in [2.75, 3.05) is 0 Å². The van der Waals surface area contributed by atoms with Crippen LogP contribution < -0.4 is 5.32 Å². The van der Waals surface area contributed by atoms with Crippen molar-refractivity contribution in [3.63, 3.8) is 0 Å². The molecule has 0 fully saturated rings. The van der Waals surface area contributed by atoms with Crippen LogP contribution in [0.2, 0.25) is 0 Å². The fraction of sp³-hybridized carbons (Fsp3) is 0.133. The Balaban J connectivity index is 1.88. The van der Waals surface area contributed by atoms with Crippen molar-refractivity contribution in [3.05, 3.63) is 65.6 Å². The first kappa shape index (κ1) is 14.1. The van der Waals surface area contributed by atoms with Crippen LogP contribution in [0, 0.1) is 11.6 Å². The Labute approximate surface area is 124 Å². The zero-order valence-electron chi connectivity index (χ0n) is 11.6. The van der Waals surface area contributed by atoms with Crippen molar-refractivity contribution in [2.45, 2.75) is 13.0 Å². The summed E-state index contributed by atoms with van der Waals surface area (Å²) in [6.45, 7) is 1.67. The summed E-state index contributed by atoms with van der Waals surface area (Å²) < 4.78 is 28.9. The summed E-state index contributed by atoms with van der Waals surface area (Å²) >= 11 is 0. The van der Waals surface area contributed by atoms with Crippen molar-refractivity contribution >= 4 is 11.6 Å². The number of rotatable bonds is 3. The lowest BCUT2D eigenvalue weighted by Crippen LogP contribution is -2.29.